The molecule has 0 radical (unpaired) electrons. The Morgan fingerprint density at radius 1 is 1.16 bits per heavy atom. The van der Waals surface area contributed by atoms with Crippen LogP contribution in [0.2, 0.25) is 0 Å². The molecule has 0 aliphatic carbocycles. The normalized spacial score (nSPS) is 17.0. The lowest BCUT2D eigenvalue weighted by atomic mass is 10.1. The molecule has 162 valence electrons. The van der Waals surface area contributed by atoms with E-state index in [2.05, 4.69) is 25.4 Å². The van der Waals surface area contributed by atoms with Crippen LogP contribution in [0.3, 0.4) is 0 Å². The summed E-state index contributed by atoms with van der Waals surface area (Å²) >= 11 is 0. The van der Waals surface area contributed by atoms with Crippen LogP contribution in [0, 0.1) is 6.92 Å². The predicted octanol–water partition coefficient (Wildman–Crippen LogP) is 1.66. The zero-order chi connectivity index (χ0) is 22.1. The summed E-state index contributed by atoms with van der Waals surface area (Å²) in [6.07, 6.45) is 3.40. The van der Waals surface area contributed by atoms with E-state index in [1.165, 1.54) is 0 Å². The number of fused-ring (bicyclic) bond motifs is 1. The van der Waals surface area contributed by atoms with Gasteiger partial charge in [-0.05, 0) is 38.2 Å². The first-order valence-corrected chi connectivity index (χ1v) is 10.1. The number of urea groups is 1. The van der Waals surface area contributed by atoms with Crippen molar-refractivity contribution in [2.24, 2.45) is 0 Å². The van der Waals surface area contributed by atoms with E-state index in [1.807, 2.05) is 29.3 Å². The Labute approximate surface area is 180 Å². The van der Waals surface area contributed by atoms with Gasteiger partial charge in [-0.3, -0.25) is 19.1 Å². The van der Waals surface area contributed by atoms with Crippen molar-refractivity contribution in [3.8, 4) is 0 Å². The van der Waals surface area contributed by atoms with Crippen LogP contribution in [-0.4, -0.2) is 87.0 Å². The molecule has 0 bridgehead atoms. The molecule has 1 aliphatic heterocycles. The van der Waals surface area contributed by atoms with E-state index in [4.69, 9.17) is 0 Å². The molecule has 3 aromatic heterocycles. The Kier molecular flexibility index (Phi) is 5.55. The van der Waals surface area contributed by atoms with Crippen LogP contribution in [0.4, 0.5) is 10.5 Å². The molecular weight excluding hydrogens is 396 g/mol. The van der Waals surface area contributed by atoms with Gasteiger partial charge in [0.15, 0.2) is 11.5 Å². The van der Waals surface area contributed by atoms with Crippen LogP contribution >= 0.6 is 0 Å². The van der Waals surface area contributed by atoms with Crippen molar-refractivity contribution in [1.82, 2.24) is 34.3 Å². The predicted molar refractivity (Wildman–Crippen MR) is 116 cm³/mol. The fraction of sp³-hybridized carbons (Fsp3) is 0.381. The molecule has 1 N–H and O–H groups in total. The Bertz CT molecular complexity index is 1130. The average Bonchev–Trinajstić information content (AvgIpc) is 3.16. The minimum absolute atomic E-state index is 0.0281. The first-order chi connectivity index (χ1) is 14.8. The number of anilines is 1. The maximum atomic E-state index is 12.8. The van der Waals surface area contributed by atoms with Gasteiger partial charge in [0.1, 0.15) is 0 Å². The van der Waals surface area contributed by atoms with Crippen LogP contribution < -0.4 is 5.32 Å². The fourth-order valence-corrected chi connectivity index (χ4v) is 3.71. The van der Waals surface area contributed by atoms with Crippen LogP contribution in [0.5, 0.6) is 0 Å². The van der Waals surface area contributed by atoms with E-state index in [1.54, 1.807) is 49.6 Å². The number of piperazine rings is 1. The number of amides is 3. The van der Waals surface area contributed by atoms with Crippen LogP contribution in [-0.2, 0) is 0 Å². The van der Waals surface area contributed by atoms with Gasteiger partial charge in [-0.2, -0.15) is 0 Å². The first kappa shape index (κ1) is 20.7. The van der Waals surface area contributed by atoms with Crippen molar-refractivity contribution in [3.05, 3.63) is 53.7 Å². The van der Waals surface area contributed by atoms with Crippen LogP contribution in [0.1, 0.15) is 27.9 Å². The lowest BCUT2D eigenvalue weighted by Gasteiger charge is -2.39. The van der Waals surface area contributed by atoms with Gasteiger partial charge in [0.2, 0.25) is 0 Å². The third-order valence-electron chi connectivity index (χ3n) is 5.44. The molecule has 3 aromatic rings. The van der Waals surface area contributed by atoms with Gasteiger partial charge in [-0.25, -0.2) is 4.79 Å². The SMILES string of the molecule is Cc1cc(NC(=O)c2ccc3nnc(C4CN(C(=O)N(C)C)CCN4C)n3c2)ccn1. The molecule has 1 unspecified atom stereocenters. The molecule has 4 rings (SSSR count). The second kappa shape index (κ2) is 8.31. The molecule has 10 nitrogen and oxygen atoms in total. The Morgan fingerprint density at radius 2 is 1.97 bits per heavy atom. The molecule has 0 spiro atoms. The summed E-state index contributed by atoms with van der Waals surface area (Å²) in [4.78, 5) is 35.0. The number of nitrogens with one attached hydrogen (secondary N) is 1. The number of pyridine rings is 2. The van der Waals surface area contributed by atoms with Crippen LogP contribution in [0.15, 0.2) is 36.7 Å². The number of likely N-dealkylation sites (N-methyl/N-ethyl adjacent to an activating group) is 1. The molecule has 1 aliphatic rings. The molecule has 4 heterocycles. The van der Waals surface area contributed by atoms with Crippen molar-refractivity contribution in [1.29, 1.82) is 0 Å². The number of aryl methyl sites for hydroxylation is 1. The lowest BCUT2D eigenvalue weighted by Crippen LogP contribution is -2.52. The smallest absolute Gasteiger partial charge is 0.319 e. The monoisotopic (exact) mass is 422 g/mol. The molecule has 0 saturated carbocycles. The molecule has 1 saturated heterocycles. The Hall–Kier alpha value is -3.53. The molecule has 3 amide bonds. The summed E-state index contributed by atoms with van der Waals surface area (Å²) in [6, 6.07) is 6.90. The van der Waals surface area contributed by atoms with Crippen molar-refractivity contribution in [3.63, 3.8) is 0 Å². The minimum atomic E-state index is -0.228. The number of hydrogen-bond acceptors (Lipinski definition) is 6. The maximum Gasteiger partial charge on any atom is 0.319 e. The van der Waals surface area contributed by atoms with Gasteiger partial charge in [-0.1, -0.05) is 0 Å². The van der Waals surface area contributed by atoms with E-state index >= 15 is 0 Å². The van der Waals surface area contributed by atoms with E-state index < -0.39 is 0 Å². The minimum Gasteiger partial charge on any atom is -0.331 e. The highest BCUT2D eigenvalue weighted by atomic mass is 16.2. The lowest BCUT2D eigenvalue weighted by molar-refractivity contribution is 0.0933. The van der Waals surface area contributed by atoms with Gasteiger partial charge in [0.25, 0.3) is 5.91 Å². The fourth-order valence-electron chi connectivity index (χ4n) is 3.71. The number of nitrogens with zero attached hydrogens (tertiary/aromatic N) is 7. The number of aromatic nitrogens is 4. The first-order valence-electron chi connectivity index (χ1n) is 10.1. The number of hydrogen-bond donors (Lipinski definition) is 1. The second-order valence-electron chi connectivity index (χ2n) is 7.96. The average molecular weight is 422 g/mol. The van der Waals surface area contributed by atoms with Gasteiger partial charge < -0.3 is 15.1 Å². The molecule has 31 heavy (non-hydrogen) atoms. The highest BCUT2D eigenvalue weighted by Crippen LogP contribution is 2.24. The van der Waals surface area contributed by atoms with E-state index in [9.17, 15) is 9.59 Å². The summed E-state index contributed by atoms with van der Waals surface area (Å²) in [7, 11) is 5.50. The number of carbonyl (C=O) groups excluding carboxylic acids is 2. The largest absolute Gasteiger partial charge is 0.331 e. The van der Waals surface area contributed by atoms with Crippen molar-refractivity contribution >= 4 is 23.3 Å². The third kappa shape index (κ3) is 4.19. The Balaban J connectivity index is 1.62. The zero-order valence-corrected chi connectivity index (χ0v) is 18.1. The summed E-state index contributed by atoms with van der Waals surface area (Å²) in [5.41, 5.74) is 2.65. The molecule has 1 atom stereocenters. The van der Waals surface area contributed by atoms with Crippen molar-refractivity contribution < 1.29 is 9.59 Å². The summed E-state index contributed by atoms with van der Waals surface area (Å²) in [6.45, 7) is 3.75. The topological polar surface area (TPSA) is 99.0 Å². The highest BCUT2D eigenvalue weighted by Gasteiger charge is 2.32. The van der Waals surface area contributed by atoms with Crippen LogP contribution in [0.25, 0.3) is 5.65 Å². The molecule has 1 fully saturated rings. The maximum absolute atomic E-state index is 12.8. The number of rotatable bonds is 3. The number of carbonyl (C=O) groups is 2. The molecule has 10 heteroatoms. The summed E-state index contributed by atoms with van der Waals surface area (Å²) in [5, 5.41) is 11.5. The molecule has 0 aromatic carbocycles. The summed E-state index contributed by atoms with van der Waals surface area (Å²) in [5.74, 6) is 0.469. The Morgan fingerprint density at radius 3 is 2.71 bits per heavy atom. The van der Waals surface area contributed by atoms with Crippen molar-refractivity contribution in [2.45, 2.75) is 13.0 Å². The van der Waals surface area contributed by atoms with Gasteiger partial charge >= 0.3 is 6.03 Å². The van der Waals surface area contributed by atoms with Crippen molar-refractivity contribution in [2.75, 3.05) is 46.1 Å². The quantitative estimate of drug-likeness (QED) is 0.689. The van der Waals surface area contributed by atoms with Gasteiger partial charge in [-0.15, -0.1) is 10.2 Å². The van der Waals surface area contributed by atoms with Gasteiger partial charge in [0.05, 0.1) is 11.6 Å². The standard InChI is InChI=1S/C21H26N8O2/c1-14-11-16(7-8-22-14)23-20(30)15-5-6-18-24-25-19(29(18)12-15)17-13-28(10-9-27(17)4)21(31)26(2)3/h5-8,11-12,17H,9-10,13H2,1-4H3,(H,22,23,30). The van der Waals surface area contributed by atoms with E-state index in [0.717, 1.165) is 12.2 Å². The zero-order valence-electron chi connectivity index (χ0n) is 18.1. The van der Waals surface area contributed by atoms with Gasteiger partial charge in [0, 0.05) is 57.5 Å². The molecular formula is C21H26N8O2. The second-order valence-corrected chi connectivity index (χ2v) is 7.96. The summed E-state index contributed by atoms with van der Waals surface area (Å²) < 4.78 is 1.83. The van der Waals surface area contributed by atoms with E-state index in [0.29, 0.717) is 35.8 Å². The highest BCUT2D eigenvalue weighted by molar-refractivity contribution is 6.04. The third-order valence-corrected chi connectivity index (χ3v) is 5.44. The van der Waals surface area contributed by atoms with E-state index in [-0.39, 0.29) is 18.0 Å².